The van der Waals surface area contributed by atoms with E-state index in [-0.39, 0.29) is 24.1 Å². The Hall–Kier alpha value is -2.10. The Morgan fingerprint density at radius 2 is 2.05 bits per heavy atom. The second-order valence-corrected chi connectivity index (χ2v) is 4.54. The molecule has 1 aromatic heterocycles. The van der Waals surface area contributed by atoms with Gasteiger partial charge >= 0.3 is 11.6 Å². The van der Waals surface area contributed by atoms with Crippen LogP contribution in [-0.2, 0) is 16.1 Å². The highest BCUT2D eigenvalue weighted by Gasteiger charge is 2.12. The van der Waals surface area contributed by atoms with Gasteiger partial charge in [-0.05, 0) is 24.1 Å². The number of carbonyl (C=O) groups excluding carboxylic acids is 1. The number of esters is 1. The SMILES string of the molecule is CCC(C)C(=O)OCc1ccc2ccc(=O)oc2c1. The summed E-state index contributed by atoms with van der Waals surface area (Å²) in [5, 5.41) is 0.844. The van der Waals surface area contributed by atoms with Crippen molar-refractivity contribution in [1.82, 2.24) is 0 Å². The fourth-order valence-corrected chi connectivity index (χ4v) is 1.66. The number of hydrogen-bond donors (Lipinski definition) is 0. The average Bonchev–Trinajstić information content (AvgIpc) is 2.43. The zero-order chi connectivity index (χ0) is 13.8. The second-order valence-electron chi connectivity index (χ2n) is 4.54. The Bertz CT molecular complexity index is 642. The molecule has 1 unspecified atom stereocenters. The minimum atomic E-state index is -0.388. The molecule has 0 saturated heterocycles. The van der Waals surface area contributed by atoms with Crippen molar-refractivity contribution >= 4 is 16.9 Å². The van der Waals surface area contributed by atoms with Crippen LogP contribution in [0.2, 0.25) is 0 Å². The zero-order valence-corrected chi connectivity index (χ0v) is 11.0. The van der Waals surface area contributed by atoms with Crippen LogP contribution < -0.4 is 5.63 Å². The molecule has 4 nitrogen and oxygen atoms in total. The Morgan fingerprint density at radius 1 is 1.32 bits per heavy atom. The molecule has 0 spiro atoms. The van der Waals surface area contributed by atoms with Gasteiger partial charge < -0.3 is 9.15 Å². The molecular weight excluding hydrogens is 244 g/mol. The normalized spacial score (nSPS) is 12.3. The van der Waals surface area contributed by atoms with Crippen molar-refractivity contribution in [2.75, 3.05) is 0 Å². The summed E-state index contributed by atoms with van der Waals surface area (Å²) in [6, 6.07) is 8.50. The minimum Gasteiger partial charge on any atom is -0.461 e. The summed E-state index contributed by atoms with van der Waals surface area (Å²) in [5.41, 5.74) is 0.921. The fraction of sp³-hybridized carbons (Fsp3) is 0.333. The molecule has 4 heteroatoms. The van der Waals surface area contributed by atoms with Gasteiger partial charge in [-0.1, -0.05) is 26.0 Å². The molecule has 0 fully saturated rings. The highest BCUT2D eigenvalue weighted by atomic mass is 16.5. The molecule has 0 bridgehead atoms. The lowest BCUT2D eigenvalue weighted by Gasteiger charge is -2.09. The predicted octanol–water partition coefficient (Wildman–Crippen LogP) is 2.88. The van der Waals surface area contributed by atoms with Crippen molar-refractivity contribution in [1.29, 1.82) is 0 Å². The van der Waals surface area contributed by atoms with Gasteiger partial charge in [0.05, 0.1) is 5.92 Å². The van der Waals surface area contributed by atoms with Crippen LogP contribution in [0.15, 0.2) is 39.5 Å². The van der Waals surface area contributed by atoms with Gasteiger partial charge in [-0.3, -0.25) is 4.79 Å². The van der Waals surface area contributed by atoms with Gasteiger partial charge in [-0.15, -0.1) is 0 Å². The fourth-order valence-electron chi connectivity index (χ4n) is 1.66. The van der Waals surface area contributed by atoms with E-state index in [4.69, 9.17) is 9.15 Å². The van der Waals surface area contributed by atoms with Gasteiger partial charge in [0.25, 0.3) is 0 Å². The van der Waals surface area contributed by atoms with Crippen molar-refractivity contribution in [3.8, 4) is 0 Å². The van der Waals surface area contributed by atoms with E-state index < -0.39 is 0 Å². The van der Waals surface area contributed by atoms with E-state index in [0.29, 0.717) is 5.58 Å². The van der Waals surface area contributed by atoms with Crippen molar-refractivity contribution in [3.63, 3.8) is 0 Å². The molecule has 0 saturated carbocycles. The standard InChI is InChI=1S/C15H16O4/c1-3-10(2)15(17)18-9-11-4-5-12-6-7-14(16)19-13(12)8-11/h4-8,10H,3,9H2,1-2H3. The molecule has 0 amide bonds. The molecule has 1 atom stereocenters. The Morgan fingerprint density at radius 3 is 2.79 bits per heavy atom. The Balaban J connectivity index is 2.13. The summed E-state index contributed by atoms with van der Waals surface area (Å²) in [7, 11) is 0. The molecule has 0 aliphatic heterocycles. The smallest absolute Gasteiger partial charge is 0.336 e. The quantitative estimate of drug-likeness (QED) is 0.626. The first-order valence-corrected chi connectivity index (χ1v) is 6.29. The topological polar surface area (TPSA) is 56.5 Å². The Kier molecular flexibility index (Phi) is 4.00. The molecule has 2 rings (SSSR count). The van der Waals surface area contributed by atoms with Crippen LogP contribution in [0.4, 0.5) is 0 Å². The molecule has 1 aromatic carbocycles. The van der Waals surface area contributed by atoms with E-state index >= 15 is 0 Å². The molecule has 0 N–H and O–H groups in total. The lowest BCUT2D eigenvalue weighted by Crippen LogP contribution is -2.13. The van der Waals surface area contributed by atoms with E-state index in [1.807, 2.05) is 26.0 Å². The van der Waals surface area contributed by atoms with Gasteiger partial charge in [0.1, 0.15) is 12.2 Å². The van der Waals surface area contributed by atoms with E-state index in [1.54, 1.807) is 12.1 Å². The van der Waals surface area contributed by atoms with Gasteiger partial charge in [0.2, 0.25) is 0 Å². The van der Waals surface area contributed by atoms with Crippen LogP contribution in [-0.4, -0.2) is 5.97 Å². The minimum absolute atomic E-state index is 0.0987. The molecular formula is C15H16O4. The molecule has 2 aromatic rings. The van der Waals surface area contributed by atoms with E-state index in [0.717, 1.165) is 17.4 Å². The maximum Gasteiger partial charge on any atom is 0.336 e. The largest absolute Gasteiger partial charge is 0.461 e. The molecule has 1 heterocycles. The number of benzene rings is 1. The first kappa shape index (κ1) is 13.3. The van der Waals surface area contributed by atoms with E-state index in [9.17, 15) is 9.59 Å². The van der Waals surface area contributed by atoms with Crippen molar-refractivity contribution in [2.24, 2.45) is 5.92 Å². The summed E-state index contributed by atoms with van der Waals surface area (Å²) < 4.78 is 10.3. The number of carbonyl (C=O) groups is 1. The molecule has 100 valence electrons. The van der Waals surface area contributed by atoms with Gasteiger partial charge in [0.15, 0.2) is 0 Å². The first-order valence-electron chi connectivity index (χ1n) is 6.29. The van der Waals surface area contributed by atoms with E-state index in [1.165, 1.54) is 6.07 Å². The van der Waals surface area contributed by atoms with Crippen LogP contribution in [0.25, 0.3) is 11.0 Å². The summed E-state index contributed by atoms with van der Waals surface area (Å²) in [6.07, 6.45) is 0.755. The van der Waals surface area contributed by atoms with Crippen molar-refractivity contribution in [2.45, 2.75) is 26.9 Å². The van der Waals surface area contributed by atoms with Crippen LogP contribution in [0.5, 0.6) is 0 Å². The predicted molar refractivity (Wildman–Crippen MR) is 71.7 cm³/mol. The molecule has 19 heavy (non-hydrogen) atoms. The maximum atomic E-state index is 11.6. The van der Waals surface area contributed by atoms with Crippen molar-refractivity contribution in [3.05, 3.63) is 46.3 Å². The monoisotopic (exact) mass is 260 g/mol. The van der Waals surface area contributed by atoms with Crippen LogP contribution >= 0.6 is 0 Å². The summed E-state index contributed by atoms with van der Waals surface area (Å²) >= 11 is 0. The molecule has 0 radical (unpaired) electrons. The van der Waals surface area contributed by atoms with Crippen LogP contribution in [0.1, 0.15) is 25.8 Å². The number of hydrogen-bond acceptors (Lipinski definition) is 4. The molecule has 0 aliphatic rings. The maximum absolute atomic E-state index is 11.6. The third-order valence-corrected chi connectivity index (χ3v) is 3.08. The number of ether oxygens (including phenoxy) is 1. The zero-order valence-electron chi connectivity index (χ0n) is 11.0. The summed E-state index contributed by atoms with van der Waals surface area (Å²) in [5.74, 6) is -0.310. The lowest BCUT2D eigenvalue weighted by atomic mass is 10.1. The Labute approximate surface area is 111 Å². The third kappa shape index (κ3) is 3.22. The second kappa shape index (κ2) is 5.69. The number of fused-ring (bicyclic) bond motifs is 1. The van der Waals surface area contributed by atoms with Gasteiger partial charge in [-0.2, -0.15) is 0 Å². The average molecular weight is 260 g/mol. The third-order valence-electron chi connectivity index (χ3n) is 3.08. The molecule has 0 aliphatic carbocycles. The number of rotatable bonds is 4. The van der Waals surface area contributed by atoms with Gasteiger partial charge in [0, 0.05) is 11.5 Å². The van der Waals surface area contributed by atoms with Crippen LogP contribution in [0, 0.1) is 5.92 Å². The van der Waals surface area contributed by atoms with Gasteiger partial charge in [-0.25, -0.2) is 4.79 Å². The highest BCUT2D eigenvalue weighted by molar-refractivity contribution is 5.77. The summed E-state index contributed by atoms with van der Waals surface area (Å²) in [4.78, 5) is 22.7. The van der Waals surface area contributed by atoms with Crippen molar-refractivity contribution < 1.29 is 13.9 Å². The van der Waals surface area contributed by atoms with E-state index in [2.05, 4.69) is 0 Å². The highest BCUT2D eigenvalue weighted by Crippen LogP contribution is 2.15. The lowest BCUT2D eigenvalue weighted by molar-refractivity contribution is -0.149. The first-order chi connectivity index (χ1) is 9.10. The van der Waals surface area contributed by atoms with Crippen LogP contribution in [0.3, 0.4) is 0 Å². The summed E-state index contributed by atoms with van der Waals surface area (Å²) in [6.45, 7) is 3.97.